The van der Waals surface area contributed by atoms with E-state index in [1.165, 1.54) is 0 Å². The first kappa shape index (κ1) is 17.2. The third-order valence-electron chi connectivity index (χ3n) is 3.00. The zero-order valence-corrected chi connectivity index (χ0v) is 13.3. The standard InChI is InChI=1S/C10H18BF3N.K/c1-9-4-3-6-15(7-5-9)8-10(2)11(12,13)14;/h9H,2-8H2,1H3;/q-1;+1. The van der Waals surface area contributed by atoms with Crippen molar-refractivity contribution in [1.29, 1.82) is 0 Å². The molecule has 0 saturated carbocycles. The molecule has 1 rings (SSSR count). The molecule has 1 heterocycles. The molecule has 0 aromatic rings. The van der Waals surface area contributed by atoms with Gasteiger partial charge in [0.25, 0.3) is 0 Å². The maximum absolute atomic E-state index is 12.3. The first-order valence-electron chi connectivity index (χ1n) is 5.49. The summed E-state index contributed by atoms with van der Waals surface area (Å²) in [5.41, 5.74) is -0.565. The van der Waals surface area contributed by atoms with Crippen LogP contribution in [-0.4, -0.2) is 31.5 Å². The van der Waals surface area contributed by atoms with Crippen LogP contribution < -0.4 is 51.4 Å². The summed E-state index contributed by atoms with van der Waals surface area (Å²) in [4.78, 5) is 1.88. The topological polar surface area (TPSA) is 3.24 Å². The molecule has 88 valence electrons. The molecule has 16 heavy (non-hydrogen) atoms. The Bertz CT molecular complexity index is 233. The van der Waals surface area contributed by atoms with Gasteiger partial charge in [-0.3, -0.25) is 0 Å². The van der Waals surface area contributed by atoms with Crippen LogP contribution in [0.1, 0.15) is 26.2 Å². The third-order valence-corrected chi connectivity index (χ3v) is 3.00. The largest absolute Gasteiger partial charge is 1.00 e. The van der Waals surface area contributed by atoms with E-state index in [1.807, 2.05) is 4.90 Å². The molecule has 0 N–H and O–H groups in total. The minimum atomic E-state index is -4.86. The number of nitrogens with zero attached hydrogens (tertiary/aromatic N) is 1. The zero-order chi connectivity index (χ0) is 11.5. The Morgan fingerprint density at radius 1 is 1.31 bits per heavy atom. The molecule has 1 fully saturated rings. The molecule has 1 aliphatic heterocycles. The molecule has 1 unspecified atom stereocenters. The van der Waals surface area contributed by atoms with Gasteiger partial charge in [-0.15, -0.1) is 12.1 Å². The van der Waals surface area contributed by atoms with Crippen molar-refractivity contribution in [3.63, 3.8) is 0 Å². The van der Waals surface area contributed by atoms with Crippen LogP contribution >= 0.6 is 0 Å². The Morgan fingerprint density at radius 2 is 1.94 bits per heavy atom. The fourth-order valence-electron chi connectivity index (χ4n) is 1.87. The van der Waals surface area contributed by atoms with Gasteiger partial charge in [0, 0.05) is 0 Å². The normalized spacial score (nSPS) is 23.4. The van der Waals surface area contributed by atoms with Crippen molar-refractivity contribution in [2.45, 2.75) is 26.2 Å². The van der Waals surface area contributed by atoms with E-state index in [9.17, 15) is 12.9 Å². The third kappa shape index (κ3) is 6.21. The molecule has 1 nitrogen and oxygen atoms in total. The summed E-state index contributed by atoms with van der Waals surface area (Å²) < 4.78 is 37.0. The Morgan fingerprint density at radius 3 is 2.50 bits per heavy atom. The van der Waals surface area contributed by atoms with Crippen molar-refractivity contribution >= 4 is 6.98 Å². The molecule has 1 atom stereocenters. The van der Waals surface area contributed by atoms with E-state index in [4.69, 9.17) is 0 Å². The number of halogens is 3. The minimum absolute atomic E-state index is 0. The summed E-state index contributed by atoms with van der Waals surface area (Å²) in [5, 5.41) is 0. The van der Waals surface area contributed by atoms with Crippen molar-refractivity contribution < 1.29 is 64.3 Å². The molecule has 0 aromatic heterocycles. The van der Waals surface area contributed by atoms with Gasteiger partial charge in [0.05, 0.1) is 0 Å². The molecule has 1 saturated heterocycles. The summed E-state index contributed by atoms with van der Waals surface area (Å²) in [6.07, 6.45) is 3.12. The predicted octanol–water partition coefficient (Wildman–Crippen LogP) is 0.0552. The molecule has 0 aromatic carbocycles. The zero-order valence-electron chi connectivity index (χ0n) is 10.2. The van der Waals surface area contributed by atoms with Crippen molar-refractivity contribution in [1.82, 2.24) is 4.90 Å². The van der Waals surface area contributed by atoms with Crippen molar-refractivity contribution in [2.24, 2.45) is 5.92 Å². The summed E-state index contributed by atoms with van der Waals surface area (Å²) in [7, 11) is 0. The monoisotopic (exact) mass is 259 g/mol. The van der Waals surface area contributed by atoms with Gasteiger partial charge in [-0.25, -0.2) is 0 Å². The van der Waals surface area contributed by atoms with Crippen LogP contribution in [0.4, 0.5) is 12.9 Å². The molecule has 0 radical (unpaired) electrons. The fourth-order valence-corrected chi connectivity index (χ4v) is 1.87. The Labute approximate surface area is 138 Å². The molecular weight excluding hydrogens is 241 g/mol. The average Bonchev–Trinajstić information content (AvgIpc) is 2.29. The van der Waals surface area contributed by atoms with Gasteiger partial charge >= 0.3 is 58.4 Å². The van der Waals surface area contributed by atoms with Crippen LogP contribution in [-0.2, 0) is 0 Å². The van der Waals surface area contributed by atoms with E-state index in [0.29, 0.717) is 5.92 Å². The van der Waals surface area contributed by atoms with Crippen molar-refractivity contribution in [3.05, 3.63) is 12.1 Å². The van der Waals surface area contributed by atoms with E-state index < -0.39 is 12.4 Å². The van der Waals surface area contributed by atoms with Gasteiger partial charge in [-0.05, 0) is 44.8 Å². The summed E-state index contributed by atoms with van der Waals surface area (Å²) in [6.45, 7) is 1.97. The van der Waals surface area contributed by atoms with Crippen molar-refractivity contribution in [2.75, 3.05) is 19.6 Å². The SMILES string of the molecule is C=C(CN1CCCC(C)CC1)[B-](F)(F)F.[K+]. The van der Waals surface area contributed by atoms with Crippen LogP contribution in [0.5, 0.6) is 0 Å². The number of hydrogen-bond acceptors (Lipinski definition) is 1. The molecule has 0 aliphatic carbocycles. The van der Waals surface area contributed by atoms with Crippen LogP contribution in [0.3, 0.4) is 0 Å². The molecule has 0 bridgehead atoms. The molecule has 6 heteroatoms. The molecule has 0 amide bonds. The van der Waals surface area contributed by atoms with Crippen LogP contribution in [0, 0.1) is 5.92 Å². The summed E-state index contributed by atoms with van der Waals surface area (Å²) >= 11 is 0. The Kier molecular flexibility index (Phi) is 8.15. The first-order valence-corrected chi connectivity index (χ1v) is 5.49. The quantitative estimate of drug-likeness (QED) is 0.648. The maximum atomic E-state index is 12.3. The van der Waals surface area contributed by atoms with Gasteiger partial charge in [-0.2, -0.15) is 0 Å². The second-order valence-corrected chi connectivity index (χ2v) is 4.55. The van der Waals surface area contributed by atoms with Crippen molar-refractivity contribution in [3.8, 4) is 0 Å². The van der Waals surface area contributed by atoms with E-state index >= 15 is 0 Å². The second-order valence-electron chi connectivity index (χ2n) is 4.55. The van der Waals surface area contributed by atoms with E-state index in [2.05, 4.69) is 13.5 Å². The first-order chi connectivity index (χ1) is 6.89. The van der Waals surface area contributed by atoms with Gasteiger partial charge < -0.3 is 17.8 Å². The number of rotatable bonds is 3. The van der Waals surface area contributed by atoms with E-state index in [-0.39, 0.29) is 57.9 Å². The average molecular weight is 259 g/mol. The molecular formula is C10H18BF3KN. The van der Waals surface area contributed by atoms with E-state index in [1.54, 1.807) is 0 Å². The molecule has 1 aliphatic rings. The van der Waals surface area contributed by atoms with Gasteiger partial charge in [0.15, 0.2) is 0 Å². The maximum Gasteiger partial charge on any atom is 1.00 e. The summed E-state index contributed by atoms with van der Waals surface area (Å²) in [5.74, 6) is 0.639. The Balaban J connectivity index is 0.00000225. The van der Waals surface area contributed by atoms with Crippen LogP contribution in [0.25, 0.3) is 0 Å². The van der Waals surface area contributed by atoms with E-state index in [0.717, 1.165) is 32.4 Å². The number of hydrogen-bond donors (Lipinski definition) is 0. The molecule has 0 spiro atoms. The number of likely N-dealkylation sites (tertiary alicyclic amines) is 1. The predicted molar refractivity (Wildman–Crippen MR) is 57.7 cm³/mol. The smallest absolute Gasteiger partial charge is 0.445 e. The fraction of sp³-hybridized carbons (Fsp3) is 0.800. The summed E-state index contributed by atoms with van der Waals surface area (Å²) in [6, 6.07) is 0. The Hall–Kier alpha value is 1.19. The minimum Gasteiger partial charge on any atom is -0.445 e. The van der Waals surface area contributed by atoms with Crippen LogP contribution in [0.15, 0.2) is 12.1 Å². The second kappa shape index (κ2) is 7.59. The van der Waals surface area contributed by atoms with Gasteiger partial charge in [0.2, 0.25) is 0 Å². The van der Waals surface area contributed by atoms with Gasteiger partial charge in [-0.1, -0.05) is 6.92 Å². The van der Waals surface area contributed by atoms with Gasteiger partial charge in [0.1, 0.15) is 0 Å². The van der Waals surface area contributed by atoms with Crippen LogP contribution in [0.2, 0.25) is 0 Å².